The quantitative estimate of drug-likeness (QED) is 0.730. The minimum Gasteiger partial charge on any atom is -0.493 e. The largest absolute Gasteiger partial charge is 0.493 e. The summed E-state index contributed by atoms with van der Waals surface area (Å²) in [6.45, 7) is 4.57. The number of ether oxygens (including phenoxy) is 3. The lowest BCUT2D eigenvalue weighted by molar-refractivity contribution is 0.155. The highest BCUT2D eigenvalue weighted by Crippen LogP contribution is 2.35. The number of rotatable bonds is 6. The fraction of sp³-hybridized carbons (Fsp3) is 0.462. The molecule has 0 saturated heterocycles. The third kappa shape index (κ3) is 3.80. The van der Waals surface area contributed by atoms with Crippen molar-refractivity contribution in [2.75, 3.05) is 27.3 Å². The Morgan fingerprint density at radius 3 is 2.19 bits per heavy atom. The third-order valence-corrected chi connectivity index (χ3v) is 3.02. The number of carbonyl (C=O) groups excluding carboxylic acids is 1. The Balaban J connectivity index is 3.26. The van der Waals surface area contributed by atoms with Crippen LogP contribution in [-0.4, -0.2) is 55.5 Å². The van der Waals surface area contributed by atoms with Gasteiger partial charge in [0.1, 0.15) is 0 Å². The van der Waals surface area contributed by atoms with Gasteiger partial charge in [-0.3, -0.25) is 0 Å². The molecular formula is C13H20BNO6. The first-order valence-corrected chi connectivity index (χ1v) is 6.57. The van der Waals surface area contributed by atoms with E-state index >= 15 is 0 Å². The Morgan fingerprint density at radius 1 is 1.14 bits per heavy atom. The number of amides is 1. The van der Waals surface area contributed by atoms with Crippen molar-refractivity contribution in [3.63, 3.8) is 0 Å². The lowest BCUT2D eigenvalue weighted by Gasteiger charge is -2.21. The molecule has 1 rings (SSSR count). The number of hydrogen-bond acceptors (Lipinski definition) is 6. The lowest BCUT2D eigenvalue weighted by Crippen LogP contribution is -2.37. The number of nitrogens with zero attached hydrogens (tertiary/aromatic N) is 1. The molecule has 7 nitrogen and oxygen atoms in total. The van der Waals surface area contributed by atoms with Crippen LogP contribution in [0.4, 0.5) is 4.79 Å². The van der Waals surface area contributed by atoms with Gasteiger partial charge in [0.2, 0.25) is 5.75 Å². The smallest absolute Gasteiger partial charge is 0.492 e. The third-order valence-electron chi connectivity index (χ3n) is 3.02. The highest BCUT2D eigenvalue weighted by atomic mass is 16.6. The van der Waals surface area contributed by atoms with Crippen LogP contribution in [0, 0.1) is 0 Å². The standard InChI is InChI=1S/C13H20BNO6/c1-5-15(6-2)13(16)21-11-9(14(17)18)7-8-10(19-3)12(11)20-4/h7-8,17-18H,5-6H2,1-4H3. The molecule has 0 saturated carbocycles. The highest BCUT2D eigenvalue weighted by Gasteiger charge is 2.27. The van der Waals surface area contributed by atoms with Gasteiger partial charge >= 0.3 is 13.2 Å². The zero-order valence-electron chi connectivity index (χ0n) is 12.6. The van der Waals surface area contributed by atoms with Crippen LogP contribution in [0.3, 0.4) is 0 Å². The second kappa shape index (κ2) is 7.75. The van der Waals surface area contributed by atoms with Gasteiger partial charge in [-0.15, -0.1) is 0 Å². The molecule has 0 aliphatic carbocycles. The Kier molecular flexibility index (Phi) is 6.32. The molecule has 0 heterocycles. The summed E-state index contributed by atoms with van der Waals surface area (Å²) in [6, 6.07) is 2.90. The first-order chi connectivity index (χ1) is 9.99. The molecule has 0 aliphatic rings. The van der Waals surface area contributed by atoms with Crippen LogP contribution in [-0.2, 0) is 0 Å². The van der Waals surface area contributed by atoms with Gasteiger partial charge in [0.05, 0.1) is 14.2 Å². The maximum absolute atomic E-state index is 12.1. The minimum atomic E-state index is -1.80. The SMILES string of the molecule is CCN(CC)C(=O)Oc1c(B(O)O)ccc(OC)c1OC. The summed E-state index contributed by atoms with van der Waals surface area (Å²) in [6.07, 6.45) is -0.603. The van der Waals surface area contributed by atoms with Gasteiger partial charge in [-0.25, -0.2) is 4.79 Å². The molecule has 21 heavy (non-hydrogen) atoms. The van der Waals surface area contributed by atoms with E-state index in [0.717, 1.165) is 0 Å². The molecule has 0 aromatic heterocycles. The molecule has 0 atom stereocenters. The number of hydrogen-bond donors (Lipinski definition) is 2. The summed E-state index contributed by atoms with van der Waals surface area (Å²) < 4.78 is 15.6. The number of methoxy groups -OCH3 is 2. The molecule has 116 valence electrons. The van der Waals surface area contributed by atoms with Crippen molar-refractivity contribution in [3.05, 3.63) is 12.1 Å². The van der Waals surface area contributed by atoms with E-state index in [1.54, 1.807) is 0 Å². The van der Waals surface area contributed by atoms with E-state index in [4.69, 9.17) is 14.2 Å². The van der Waals surface area contributed by atoms with E-state index in [2.05, 4.69) is 0 Å². The first-order valence-electron chi connectivity index (χ1n) is 6.57. The van der Waals surface area contributed by atoms with Crippen molar-refractivity contribution >= 4 is 18.7 Å². The lowest BCUT2D eigenvalue weighted by atomic mass is 9.79. The van der Waals surface area contributed by atoms with Crippen LogP contribution in [0.2, 0.25) is 0 Å². The van der Waals surface area contributed by atoms with Crippen LogP contribution in [0.1, 0.15) is 13.8 Å². The van der Waals surface area contributed by atoms with E-state index in [1.807, 2.05) is 13.8 Å². The van der Waals surface area contributed by atoms with Crippen molar-refractivity contribution in [3.8, 4) is 17.2 Å². The molecule has 0 spiro atoms. The average Bonchev–Trinajstić information content (AvgIpc) is 2.47. The topological polar surface area (TPSA) is 88.5 Å². The second-order valence-corrected chi connectivity index (χ2v) is 4.13. The van der Waals surface area contributed by atoms with Crippen LogP contribution in [0.25, 0.3) is 0 Å². The molecule has 1 aromatic carbocycles. The fourth-order valence-electron chi connectivity index (χ4n) is 1.86. The van der Waals surface area contributed by atoms with Gasteiger partial charge in [-0.2, -0.15) is 0 Å². The van der Waals surface area contributed by atoms with Gasteiger partial charge < -0.3 is 29.2 Å². The summed E-state index contributed by atoms with van der Waals surface area (Å²) in [5.74, 6) is 0.386. The van der Waals surface area contributed by atoms with Crippen molar-refractivity contribution in [1.82, 2.24) is 4.90 Å². The Morgan fingerprint density at radius 2 is 1.76 bits per heavy atom. The van der Waals surface area contributed by atoms with Gasteiger partial charge in [0, 0.05) is 18.6 Å². The second-order valence-electron chi connectivity index (χ2n) is 4.13. The molecule has 8 heteroatoms. The Labute approximate surface area is 124 Å². The summed E-state index contributed by atoms with van der Waals surface area (Å²) in [5, 5.41) is 18.8. The predicted molar refractivity (Wildman–Crippen MR) is 78.3 cm³/mol. The van der Waals surface area contributed by atoms with E-state index < -0.39 is 13.2 Å². The molecule has 0 aliphatic heterocycles. The first kappa shape index (κ1) is 17.1. The molecular weight excluding hydrogens is 277 g/mol. The van der Waals surface area contributed by atoms with Crippen LogP contribution >= 0.6 is 0 Å². The fourth-order valence-corrected chi connectivity index (χ4v) is 1.86. The van der Waals surface area contributed by atoms with Gasteiger partial charge in [-0.05, 0) is 19.9 Å². The molecule has 1 aromatic rings. The van der Waals surface area contributed by atoms with Crippen molar-refractivity contribution in [1.29, 1.82) is 0 Å². The zero-order chi connectivity index (χ0) is 16.0. The summed E-state index contributed by atoms with van der Waals surface area (Å²) in [4.78, 5) is 13.5. The normalized spacial score (nSPS) is 10.0. The molecule has 1 amide bonds. The molecule has 0 bridgehead atoms. The van der Waals surface area contributed by atoms with Crippen LogP contribution in [0.15, 0.2) is 12.1 Å². The van der Waals surface area contributed by atoms with Gasteiger partial charge in [0.25, 0.3) is 0 Å². The molecule has 0 fully saturated rings. The van der Waals surface area contributed by atoms with Crippen molar-refractivity contribution in [2.24, 2.45) is 0 Å². The maximum Gasteiger partial charge on any atom is 0.492 e. The monoisotopic (exact) mass is 297 g/mol. The Bertz CT molecular complexity index is 490. The molecule has 0 radical (unpaired) electrons. The summed E-state index contributed by atoms with van der Waals surface area (Å²) in [5.41, 5.74) is 0.0214. The van der Waals surface area contributed by atoms with E-state index in [1.165, 1.54) is 31.3 Å². The maximum atomic E-state index is 12.1. The zero-order valence-corrected chi connectivity index (χ0v) is 12.6. The minimum absolute atomic E-state index is 0.0214. The van der Waals surface area contributed by atoms with Crippen molar-refractivity contribution < 1.29 is 29.1 Å². The van der Waals surface area contributed by atoms with E-state index in [9.17, 15) is 14.8 Å². The van der Waals surface area contributed by atoms with Gasteiger partial charge in [0.15, 0.2) is 11.5 Å². The number of carbonyl (C=O) groups is 1. The Hall–Kier alpha value is -1.93. The molecule has 0 unspecified atom stereocenters. The van der Waals surface area contributed by atoms with Crippen molar-refractivity contribution in [2.45, 2.75) is 13.8 Å². The average molecular weight is 297 g/mol. The van der Waals surface area contributed by atoms with E-state index in [-0.39, 0.29) is 17.0 Å². The van der Waals surface area contributed by atoms with Gasteiger partial charge in [-0.1, -0.05) is 6.07 Å². The molecule has 2 N–H and O–H groups in total. The van der Waals surface area contributed by atoms with E-state index in [0.29, 0.717) is 18.8 Å². The summed E-state index contributed by atoms with van der Waals surface area (Å²) >= 11 is 0. The predicted octanol–water partition coefficient (Wildman–Crippen LogP) is 0.224. The number of benzene rings is 1. The van der Waals surface area contributed by atoms with Crippen LogP contribution in [0.5, 0.6) is 17.2 Å². The highest BCUT2D eigenvalue weighted by molar-refractivity contribution is 6.60. The summed E-state index contributed by atoms with van der Waals surface area (Å²) in [7, 11) is 1.01. The van der Waals surface area contributed by atoms with Crippen LogP contribution < -0.4 is 19.7 Å².